The molecule has 0 aromatic heterocycles. The maximum absolute atomic E-state index is 10.6. The fraction of sp³-hybridized carbons (Fsp3) is 0.529. The topological polar surface area (TPSA) is 82.4 Å². The van der Waals surface area contributed by atoms with Crippen LogP contribution in [0, 0.1) is 0 Å². The van der Waals surface area contributed by atoms with Crippen LogP contribution in [0.15, 0.2) is 23.8 Å². The Bertz CT molecular complexity index is 673. The molecule has 5 atom stereocenters. The van der Waals surface area contributed by atoms with E-state index in [4.69, 9.17) is 9.47 Å². The first-order valence-electron chi connectivity index (χ1n) is 7.79. The number of aliphatic hydroxyl groups is 3. The molecule has 5 unspecified atom stereocenters. The van der Waals surface area contributed by atoms with Gasteiger partial charge in [0, 0.05) is 25.0 Å². The molecule has 0 saturated carbocycles. The molecule has 4 rings (SSSR count). The average molecular weight is 319 g/mol. The zero-order valence-corrected chi connectivity index (χ0v) is 13.1. The molecule has 3 N–H and O–H groups in total. The van der Waals surface area contributed by atoms with Crippen molar-refractivity contribution >= 4 is 0 Å². The van der Waals surface area contributed by atoms with E-state index in [1.807, 2.05) is 12.1 Å². The lowest BCUT2D eigenvalue weighted by molar-refractivity contribution is -0.00164. The van der Waals surface area contributed by atoms with E-state index in [0.29, 0.717) is 24.6 Å². The molecule has 1 aromatic rings. The van der Waals surface area contributed by atoms with Crippen molar-refractivity contribution in [1.82, 2.24) is 4.90 Å². The Morgan fingerprint density at radius 2 is 1.78 bits per heavy atom. The van der Waals surface area contributed by atoms with Crippen LogP contribution in [0.2, 0.25) is 0 Å². The number of hydrogen-bond donors (Lipinski definition) is 3. The molecule has 1 aromatic carbocycles. The van der Waals surface area contributed by atoms with Gasteiger partial charge in [-0.3, -0.25) is 4.90 Å². The smallest absolute Gasteiger partial charge is 0.161 e. The normalized spacial score (nSPS) is 35.3. The molecular weight excluding hydrogens is 298 g/mol. The minimum atomic E-state index is -0.972. The van der Waals surface area contributed by atoms with Crippen LogP contribution < -0.4 is 9.47 Å². The third kappa shape index (κ3) is 2.03. The van der Waals surface area contributed by atoms with Crippen LogP contribution >= 0.6 is 0 Å². The first kappa shape index (κ1) is 15.0. The van der Waals surface area contributed by atoms with E-state index in [1.54, 1.807) is 20.3 Å². The minimum absolute atomic E-state index is 0.0750. The predicted octanol–water partition coefficient (Wildman–Crippen LogP) is 0.00790. The Balaban J connectivity index is 1.88. The highest BCUT2D eigenvalue weighted by molar-refractivity contribution is 5.53. The molecule has 23 heavy (non-hydrogen) atoms. The third-order valence-electron chi connectivity index (χ3n) is 5.33. The summed E-state index contributed by atoms with van der Waals surface area (Å²) in [6.07, 6.45) is -0.862. The molecule has 2 heterocycles. The van der Waals surface area contributed by atoms with Crippen LogP contribution in [0.4, 0.5) is 0 Å². The van der Waals surface area contributed by atoms with Gasteiger partial charge in [0.25, 0.3) is 0 Å². The fourth-order valence-electron chi connectivity index (χ4n) is 4.31. The van der Waals surface area contributed by atoms with Gasteiger partial charge in [0.05, 0.1) is 32.5 Å². The van der Waals surface area contributed by atoms with E-state index in [-0.39, 0.29) is 12.0 Å². The highest BCUT2D eigenvalue weighted by atomic mass is 16.5. The summed E-state index contributed by atoms with van der Waals surface area (Å²) in [5, 5.41) is 31.1. The van der Waals surface area contributed by atoms with Gasteiger partial charge in [-0.2, -0.15) is 0 Å². The van der Waals surface area contributed by atoms with Crippen molar-refractivity contribution in [3.8, 4) is 11.5 Å². The minimum Gasteiger partial charge on any atom is -0.493 e. The van der Waals surface area contributed by atoms with E-state index in [1.165, 1.54) is 0 Å². The second-order valence-electron chi connectivity index (χ2n) is 6.47. The molecule has 1 aliphatic carbocycles. The van der Waals surface area contributed by atoms with Gasteiger partial charge in [0.2, 0.25) is 0 Å². The van der Waals surface area contributed by atoms with Gasteiger partial charge >= 0.3 is 0 Å². The van der Waals surface area contributed by atoms with Crippen LogP contribution in [-0.2, 0) is 6.54 Å². The lowest BCUT2D eigenvalue weighted by Gasteiger charge is -2.44. The molecule has 1 fully saturated rings. The fourth-order valence-corrected chi connectivity index (χ4v) is 4.31. The van der Waals surface area contributed by atoms with Crippen LogP contribution in [0.25, 0.3) is 0 Å². The molecule has 6 heteroatoms. The van der Waals surface area contributed by atoms with E-state index >= 15 is 0 Å². The van der Waals surface area contributed by atoms with Gasteiger partial charge in [-0.1, -0.05) is 6.08 Å². The summed E-state index contributed by atoms with van der Waals surface area (Å²) < 4.78 is 10.8. The van der Waals surface area contributed by atoms with Crippen LogP contribution in [-0.4, -0.2) is 65.3 Å². The van der Waals surface area contributed by atoms with Gasteiger partial charge in [-0.25, -0.2) is 0 Å². The summed E-state index contributed by atoms with van der Waals surface area (Å²) in [6, 6.07) is 3.74. The van der Waals surface area contributed by atoms with Crippen molar-refractivity contribution in [3.63, 3.8) is 0 Å². The molecular formula is C17H21NO5. The Kier molecular flexibility index (Phi) is 3.39. The summed E-state index contributed by atoms with van der Waals surface area (Å²) >= 11 is 0. The molecule has 0 bridgehead atoms. The number of rotatable bonds is 2. The number of methoxy groups -OCH3 is 2. The Labute approximate surface area is 134 Å². The van der Waals surface area contributed by atoms with Gasteiger partial charge < -0.3 is 24.8 Å². The summed E-state index contributed by atoms with van der Waals surface area (Å²) in [5.41, 5.74) is 2.80. The molecule has 0 radical (unpaired) electrons. The van der Waals surface area contributed by atoms with Crippen molar-refractivity contribution in [1.29, 1.82) is 0 Å². The molecule has 124 valence electrons. The number of fused-ring (bicyclic) bond motifs is 2. The van der Waals surface area contributed by atoms with Gasteiger partial charge in [-0.05, 0) is 28.8 Å². The van der Waals surface area contributed by atoms with Crippen LogP contribution in [0.3, 0.4) is 0 Å². The zero-order valence-electron chi connectivity index (χ0n) is 13.1. The lowest BCUT2D eigenvalue weighted by atomic mass is 9.73. The number of nitrogens with zero attached hydrogens (tertiary/aromatic N) is 1. The summed E-state index contributed by atoms with van der Waals surface area (Å²) in [7, 11) is 3.17. The van der Waals surface area contributed by atoms with E-state index in [9.17, 15) is 15.3 Å². The standard InChI is InChI=1S/C17H21NO5/c1-22-13-3-8-6-18-7-12(20)10-4-11(19)17(21)15(16(10)18)9(8)5-14(13)23-2/h3-5,11-12,15-17,19-21H,6-7H2,1-2H3. The SMILES string of the molecule is COc1cc2c(cc1OC)C1C(O)C(O)C=C3C(O)CN(C2)C31. The number of hydrogen-bond acceptors (Lipinski definition) is 6. The van der Waals surface area contributed by atoms with Crippen LogP contribution in [0.5, 0.6) is 11.5 Å². The number of aliphatic hydroxyl groups excluding tert-OH is 3. The summed E-state index contributed by atoms with van der Waals surface area (Å²) in [6.45, 7) is 1.19. The number of ether oxygens (including phenoxy) is 2. The van der Waals surface area contributed by atoms with E-state index in [2.05, 4.69) is 4.90 Å². The largest absolute Gasteiger partial charge is 0.493 e. The first-order chi connectivity index (χ1) is 11.0. The van der Waals surface area contributed by atoms with Crippen molar-refractivity contribution < 1.29 is 24.8 Å². The Hall–Kier alpha value is -1.60. The van der Waals surface area contributed by atoms with Crippen molar-refractivity contribution in [2.75, 3.05) is 20.8 Å². The molecule has 3 aliphatic rings. The monoisotopic (exact) mass is 319 g/mol. The molecule has 6 nitrogen and oxygen atoms in total. The summed E-state index contributed by atoms with van der Waals surface area (Å²) in [4.78, 5) is 2.16. The third-order valence-corrected chi connectivity index (χ3v) is 5.33. The Morgan fingerprint density at radius 1 is 1.09 bits per heavy atom. The molecule has 0 spiro atoms. The Morgan fingerprint density at radius 3 is 2.48 bits per heavy atom. The van der Waals surface area contributed by atoms with Crippen LogP contribution in [0.1, 0.15) is 17.0 Å². The zero-order chi connectivity index (χ0) is 16.3. The lowest BCUT2D eigenvalue weighted by Crippen LogP contribution is -2.50. The maximum Gasteiger partial charge on any atom is 0.161 e. The maximum atomic E-state index is 10.6. The quantitative estimate of drug-likeness (QED) is 0.666. The van der Waals surface area contributed by atoms with Gasteiger partial charge in [0.15, 0.2) is 11.5 Å². The second-order valence-corrected chi connectivity index (χ2v) is 6.47. The van der Waals surface area contributed by atoms with Crippen molar-refractivity contribution in [3.05, 3.63) is 34.9 Å². The highest BCUT2D eigenvalue weighted by Gasteiger charge is 2.51. The summed E-state index contributed by atoms with van der Waals surface area (Å²) in [5.74, 6) is 0.966. The second kappa shape index (κ2) is 5.21. The van der Waals surface area contributed by atoms with Crippen molar-refractivity contribution in [2.24, 2.45) is 0 Å². The molecule has 2 aliphatic heterocycles. The predicted molar refractivity (Wildman–Crippen MR) is 82.6 cm³/mol. The van der Waals surface area contributed by atoms with E-state index in [0.717, 1.165) is 16.7 Å². The van der Waals surface area contributed by atoms with Gasteiger partial charge in [0.1, 0.15) is 0 Å². The van der Waals surface area contributed by atoms with Gasteiger partial charge in [-0.15, -0.1) is 0 Å². The average Bonchev–Trinajstić information content (AvgIpc) is 2.85. The highest BCUT2D eigenvalue weighted by Crippen LogP contribution is 2.48. The van der Waals surface area contributed by atoms with E-state index < -0.39 is 18.3 Å². The van der Waals surface area contributed by atoms with Crippen molar-refractivity contribution in [2.45, 2.75) is 36.8 Å². The first-order valence-corrected chi connectivity index (χ1v) is 7.79. The number of benzene rings is 1. The molecule has 1 saturated heterocycles. The molecule has 0 amide bonds.